The summed E-state index contributed by atoms with van der Waals surface area (Å²) in [5, 5.41) is 8.85. The summed E-state index contributed by atoms with van der Waals surface area (Å²) >= 11 is 11.2. The number of hydrazone groups is 1. The minimum absolute atomic E-state index is 0.478. The van der Waals surface area contributed by atoms with Crippen LogP contribution in [-0.4, -0.2) is 17.4 Å². The van der Waals surface area contributed by atoms with Gasteiger partial charge < -0.3 is 10.1 Å². The number of hydrogen-bond donors (Lipinski definition) is 2. The van der Waals surface area contributed by atoms with Crippen LogP contribution in [0.2, 0.25) is 5.02 Å². The van der Waals surface area contributed by atoms with Gasteiger partial charge in [-0.1, -0.05) is 43.0 Å². The summed E-state index contributed by atoms with van der Waals surface area (Å²) in [7, 11) is 0. The fraction of sp³-hybridized carbons (Fsp3) is 0.333. The van der Waals surface area contributed by atoms with E-state index in [1.165, 1.54) is 32.1 Å². The molecule has 0 radical (unpaired) electrons. The van der Waals surface area contributed by atoms with Crippen molar-refractivity contribution < 1.29 is 4.74 Å². The molecule has 0 bridgehead atoms. The van der Waals surface area contributed by atoms with E-state index >= 15 is 0 Å². The first kappa shape index (κ1) is 19.6. The molecule has 1 aliphatic carbocycles. The lowest BCUT2D eigenvalue weighted by molar-refractivity contribution is 0.306. The zero-order chi connectivity index (χ0) is 18.9. The molecule has 0 spiro atoms. The van der Waals surface area contributed by atoms with Crippen molar-refractivity contribution in [2.45, 2.75) is 44.8 Å². The molecule has 0 aliphatic heterocycles. The van der Waals surface area contributed by atoms with Gasteiger partial charge in [0.05, 0.1) is 6.21 Å². The molecule has 4 nitrogen and oxygen atoms in total. The van der Waals surface area contributed by atoms with E-state index in [-0.39, 0.29) is 0 Å². The maximum absolute atomic E-state index is 5.89. The third-order valence-corrected chi connectivity index (χ3v) is 4.98. The molecule has 1 saturated carbocycles. The first-order chi connectivity index (χ1) is 13.2. The zero-order valence-electron chi connectivity index (χ0n) is 15.2. The first-order valence-corrected chi connectivity index (χ1v) is 10.0. The number of hydrogen-bond acceptors (Lipinski definition) is 3. The summed E-state index contributed by atoms with van der Waals surface area (Å²) in [6, 6.07) is 15.9. The lowest BCUT2D eigenvalue weighted by Gasteiger charge is -2.23. The third kappa shape index (κ3) is 6.85. The van der Waals surface area contributed by atoms with Gasteiger partial charge in [-0.25, -0.2) is 0 Å². The molecule has 27 heavy (non-hydrogen) atoms. The van der Waals surface area contributed by atoms with Crippen molar-refractivity contribution in [3.8, 4) is 5.75 Å². The van der Waals surface area contributed by atoms with Crippen molar-refractivity contribution in [2.24, 2.45) is 5.10 Å². The summed E-state index contributed by atoms with van der Waals surface area (Å²) in [6.45, 7) is 0.507. The van der Waals surface area contributed by atoms with Crippen LogP contribution in [0.25, 0.3) is 0 Å². The molecule has 0 saturated heterocycles. The SMILES string of the molecule is S=C(NN=Cc1ccc(OCc2ccc(Cl)cc2)cc1)NC1CCCCC1. The molecule has 0 unspecified atom stereocenters. The summed E-state index contributed by atoms with van der Waals surface area (Å²) < 4.78 is 5.78. The van der Waals surface area contributed by atoms with Crippen LogP contribution in [0.15, 0.2) is 53.6 Å². The van der Waals surface area contributed by atoms with Crippen molar-refractivity contribution in [3.63, 3.8) is 0 Å². The number of halogens is 1. The zero-order valence-corrected chi connectivity index (χ0v) is 16.7. The van der Waals surface area contributed by atoms with Crippen molar-refractivity contribution in [3.05, 3.63) is 64.7 Å². The van der Waals surface area contributed by atoms with Gasteiger partial charge in [0.15, 0.2) is 5.11 Å². The molecule has 1 fully saturated rings. The predicted octanol–water partition coefficient (Wildman–Crippen LogP) is 5.05. The molecule has 1 aliphatic rings. The Morgan fingerprint density at radius 3 is 2.48 bits per heavy atom. The Hall–Kier alpha value is -2.11. The van der Waals surface area contributed by atoms with Gasteiger partial charge in [-0.2, -0.15) is 5.10 Å². The van der Waals surface area contributed by atoms with E-state index in [9.17, 15) is 0 Å². The molecule has 0 atom stereocenters. The molecular weight excluding hydrogens is 378 g/mol. The fourth-order valence-corrected chi connectivity index (χ4v) is 3.37. The second-order valence-corrected chi connectivity index (χ2v) is 7.51. The highest BCUT2D eigenvalue weighted by Crippen LogP contribution is 2.17. The molecule has 0 heterocycles. The van der Waals surface area contributed by atoms with Crippen LogP contribution in [0, 0.1) is 0 Å². The Labute approximate surface area is 171 Å². The summed E-state index contributed by atoms with van der Waals surface area (Å²) in [5.74, 6) is 0.810. The quantitative estimate of drug-likeness (QED) is 0.404. The van der Waals surface area contributed by atoms with Gasteiger partial charge in [0, 0.05) is 11.1 Å². The Bertz CT molecular complexity index is 756. The molecular formula is C21H24ClN3OS. The number of benzene rings is 2. The normalized spacial score (nSPS) is 14.9. The Morgan fingerprint density at radius 1 is 1.07 bits per heavy atom. The fourth-order valence-electron chi connectivity index (χ4n) is 3.03. The molecule has 6 heteroatoms. The second kappa shape index (κ2) is 10.3. The van der Waals surface area contributed by atoms with Gasteiger partial charge >= 0.3 is 0 Å². The summed E-state index contributed by atoms with van der Waals surface area (Å²) in [5.41, 5.74) is 4.94. The van der Waals surface area contributed by atoms with Crippen LogP contribution >= 0.6 is 23.8 Å². The Balaban J connectivity index is 1.42. The highest BCUT2D eigenvalue weighted by Gasteiger charge is 2.13. The highest BCUT2D eigenvalue weighted by atomic mass is 35.5. The van der Waals surface area contributed by atoms with Crippen LogP contribution < -0.4 is 15.5 Å². The van der Waals surface area contributed by atoms with E-state index in [0.717, 1.165) is 21.9 Å². The van der Waals surface area contributed by atoms with E-state index in [4.69, 9.17) is 28.6 Å². The second-order valence-electron chi connectivity index (χ2n) is 6.66. The van der Waals surface area contributed by atoms with Crippen LogP contribution in [0.1, 0.15) is 43.2 Å². The standard InChI is InChI=1S/C21H24ClN3OS/c22-18-10-6-17(7-11-18)15-26-20-12-8-16(9-13-20)14-23-25-21(27)24-19-4-2-1-3-5-19/h6-14,19H,1-5,15H2,(H2,24,25,27). The van der Waals surface area contributed by atoms with E-state index in [1.807, 2.05) is 48.5 Å². The monoisotopic (exact) mass is 401 g/mol. The van der Waals surface area contributed by atoms with E-state index in [2.05, 4.69) is 15.8 Å². The summed E-state index contributed by atoms with van der Waals surface area (Å²) in [6.07, 6.45) is 7.99. The van der Waals surface area contributed by atoms with E-state index < -0.39 is 0 Å². The van der Waals surface area contributed by atoms with Crippen molar-refractivity contribution in [2.75, 3.05) is 0 Å². The number of thiocarbonyl (C=S) groups is 1. The van der Waals surface area contributed by atoms with Gasteiger partial charge in [-0.05, 0) is 72.6 Å². The molecule has 2 aromatic rings. The van der Waals surface area contributed by atoms with Crippen LogP contribution in [0.5, 0.6) is 5.75 Å². The Kier molecular flexibility index (Phi) is 7.48. The Morgan fingerprint density at radius 2 is 1.78 bits per heavy atom. The third-order valence-electron chi connectivity index (χ3n) is 4.52. The first-order valence-electron chi connectivity index (χ1n) is 9.26. The molecule has 142 valence electrons. The van der Waals surface area contributed by atoms with Crippen LogP contribution in [-0.2, 0) is 6.61 Å². The van der Waals surface area contributed by atoms with Crippen LogP contribution in [0.4, 0.5) is 0 Å². The van der Waals surface area contributed by atoms with E-state index in [1.54, 1.807) is 6.21 Å². The van der Waals surface area contributed by atoms with Gasteiger partial charge in [0.25, 0.3) is 0 Å². The molecule has 2 N–H and O–H groups in total. The lowest BCUT2D eigenvalue weighted by Crippen LogP contribution is -2.40. The maximum atomic E-state index is 5.89. The minimum Gasteiger partial charge on any atom is -0.489 e. The van der Waals surface area contributed by atoms with Crippen molar-refractivity contribution >= 4 is 35.1 Å². The van der Waals surface area contributed by atoms with Gasteiger partial charge in [0.1, 0.15) is 12.4 Å². The maximum Gasteiger partial charge on any atom is 0.187 e. The lowest BCUT2D eigenvalue weighted by atomic mass is 9.96. The topological polar surface area (TPSA) is 45.7 Å². The van der Waals surface area contributed by atoms with Gasteiger partial charge in [0.2, 0.25) is 0 Å². The predicted molar refractivity (Wildman–Crippen MR) is 116 cm³/mol. The van der Waals surface area contributed by atoms with Crippen molar-refractivity contribution in [1.82, 2.24) is 10.7 Å². The number of ether oxygens (including phenoxy) is 1. The average molecular weight is 402 g/mol. The minimum atomic E-state index is 0.478. The van der Waals surface area contributed by atoms with Gasteiger partial charge in [-0.15, -0.1) is 0 Å². The average Bonchev–Trinajstić information content (AvgIpc) is 2.69. The largest absolute Gasteiger partial charge is 0.489 e. The number of nitrogens with zero attached hydrogens (tertiary/aromatic N) is 1. The smallest absolute Gasteiger partial charge is 0.187 e. The van der Waals surface area contributed by atoms with E-state index in [0.29, 0.717) is 17.8 Å². The highest BCUT2D eigenvalue weighted by molar-refractivity contribution is 7.80. The molecule has 2 aromatic carbocycles. The molecule has 3 rings (SSSR count). The molecule has 0 amide bonds. The van der Waals surface area contributed by atoms with Crippen LogP contribution in [0.3, 0.4) is 0 Å². The summed E-state index contributed by atoms with van der Waals surface area (Å²) in [4.78, 5) is 0. The number of rotatable bonds is 6. The molecule has 0 aromatic heterocycles. The van der Waals surface area contributed by atoms with Gasteiger partial charge in [-0.3, -0.25) is 5.43 Å². The number of nitrogens with one attached hydrogen (secondary N) is 2. The van der Waals surface area contributed by atoms with Crippen molar-refractivity contribution in [1.29, 1.82) is 0 Å².